The fourth-order valence-electron chi connectivity index (χ4n) is 3.44. The largest absolute Gasteiger partial charge is 0.459 e. The molecule has 2 atom stereocenters. The number of aryl methyl sites for hydroxylation is 1. The number of benzene rings is 1. The van der Waals surface area contributed by atoms with Crippen LogP contribution in [-0.4, -0.2) is 25.3 Å². The van der Waals surface area contributed by atoms with Crippen LogP contribution in [0.15, 0.2) is 28.7 Å². The van der Waals surface area contributed by atoms with E-state index in [-0.39, 0.29) is 24.0 Å². The maximum atomic E-state index is 12.5. The second kappa shape index (κ2) is 7.91. The standard InChI is InChI=1S/C20H28N2O3/c1-13(2)18(19-14(3)16-8-4-5-9-17(16)25-19)22-20(23)21-15-7-6-11-24-12-10-15/h4-5,8-9,13,15,18H,6-7,10-12H2,1-3H3,(H2,21,22,23)/t15?,18-/m0/s1. The van der Waals surface area contributed by atoms with Crippen molar-refractivity contribution < 1.29 is 13.9 Å². The van der Waals surface area contributed by atoms with Crippen molar-refractivity contribution in [1.82, 2.24) is 10.6 Å². The summed E-state index contributed by atoms with van der Waals surface area (Å²) in [5, 5.41) is 7.32. The maximum absolute atomic E-state index is 12.5. The van der Waals surface area contributed by atoms with E-state index in [2.05, 4.69) is 37.5 Å². The smallest absolute Gasteiger partial charge is 0.315 e. The number of rotatable bonds is 4. The van der Waals surface area contributed by atoms with E-state index in [1.54, 1.807) is 0 Å². The molecule has 2 N–H and O–H groups in total. The number of urea groups is 1. The van der Waals surface area contributed by atoms with Gasteiger partial charge in [0.2, 0.25) is 0 Å². The molecule has 2 amide bonds. The lowest BCUT2D eigenvalue weighted by molar-refractivity contribution is 0.142. The Labute approximate surface area is 149 Å². The molecule has 1 saturated heterocycles. The van der Waals surface area contributed by atoms with Crippen molar-refractivity contribution in [1.29, 1.82) is 0 Å². The average Bonchev–Trinajstić information content (AvgIpc) is 2.75. The lowest BCUT2D eigenvalue weighted by Crippen LogP contribution is -2.44. The first-order valence-electron chi connectivity index (χ1n) is 9.19. The molecule has 1 aliphatic heterocycles. The summed E-state index contributed by atoms with van der Waals surface area (Å²) in [5.41, 5.74) is 1.96. The van der Waals surface area contributed by atoms with Crippen molar-refractivity contribution in [2.24, 2.45) is 5.92 Å². The number of fused-ring (bicyclic) bond motifs is 1. The number of hydrogen-bond acceptors (Lipinski definition) is 3. The van der Waals surface area contributed by atoms with Crippen LogP contribution in [0.2, 0.25) is 0 Å². The maximum Gasteiger partial charge on any atom is 0.315 e. The van der Waals surface area contributed by atoms with Gasteiger partial charge in [0.15, 0.2) is 0 Å². The minimum Gasteiger partial charge on any atom is -0.459 e. The van der Waals surface area contributed by atoms with Crippen LogP contribution in [0.3, 0.4) is 0 Å². The Kier molecular flexibility index (Phi) is 5.63. The predicted octanol–water partition coefficient (Wildman–Crippen LogP) is 4.31. The van der Waals surface area contributed by atoms with Gasteiger partial charge in [-0.3, -0.25) is 0 Å². The normalized spacial score (nSPS) is 19.6. The predicted molar refractivity (Wildman–Crippen MR) is 98.7 cm³/mol. The van der Waals surface area contributed by atoms with Crippen LogP contribution in [0.1, 0.15) is 50.5 Å². The van der Waals surface area contributed by atoms with Crippen LogP contribution in [0.5, 0.6) is 0 Å². The van der Waals surface area contributed by atoms with E-state index in [1.165, 1.54) is 0 Å². The van der Waals surface area contributed by atoms with E-state index in [9.17, 15) is 4.79 Å². The monoisotopic (exact) mass is 344 g/mol. The van der Waals surface area contributed by atoms with Crippen molar-refractivity contribution >= 4 is 17.0 Å². The molecule has 0 aliphatic carbocycles. The highest BCUT2D eigenvalue weighted by Gasteiger charge is 2.26. The minimum absolute atomic E-state index is 0.134. The molecule has 1 unspecified atom stereocenters. The van der Waals surface area contributed by atoms with Crippen LogP contribution in [0.25, 0.3) is 11.0 Å². The van der Waals surface area contributed by atoms with Crippen LogP contribution in [-0.2, 0) is 4.74 Å². The van der Waals surface area contributed by atoms with Gasteiger partial charge in [-0.15, -0.1) is 0 Å². The lowest BCUT2D eigenvalue weighted by Gasteiger charge is -2.23. The molecular formula is C20H28N2O3. The van der Waals surface area contributed by atoms with Crippen LogP contribution < -0.4 is 10.6 Å². The molecule has 1 fully saturated rings. The van der Waals surface area contributed by atoms with Crippen molar-refractivity contribution in [3.05, 3.63) is 35.6 Å². The summed E-state index contributed by atoms with van der Waals surface area (Å²) in [7, 11) is 0. The zero-order chi connectivity index (χ0) is 17.8. The molecule has 0 saturated carbocycles. The third-order valence-electron chi connectivity index (χ3n) is 4.90. The number of amides is 2. The zero-order valence-electron chi connectivity index (χ0n) is 15.3. The molecule has 136 valence electrons. The van der Waals surface area contributed by atoms with Gasteiger partial charge >= 0.3 is 6.03 Å². The topological polar surface area (TPSA) is 63.5 Å². The minimum atomic E-state index is -0.158. The van der Waals surface area contributed by atoms with E-state index in [1.807, 2.05) is 18.2 Å². The van der Waals surface area contributed by atoms with E-state index >= 15 is 0 Å². The Morgan fingerprint density at radius 3 is 2.76 bits per heavy atom. The van der Waals surface area contributed by atoms with Crippen molar-refractivity contribution in [2.45, 2.75) is 52.1 Å². The summed E-state index contributed by atoms with van der Waals surface area (Å²) < 4.78 is 11.5. The van der Waals surface area contributed by atoms with E-state index in [4.69, 9.17) is 9.15 Å². The van der Waals surface area contributed by atoms with Gasteiger partial charge in [-0.1, -0.05) is 32.0 Å². The fraction of sp³-hybridized carbons (Fsp3) is 0.550. The number of ether oxygens (including phenoxy) is 1. The quantitative estimate of drug-likeness (QED) is 0.869. The molecule has 5 heteroatoms. The molecule has 1 aromatic heterocycles. The molecule has 0 spiro atoms. The summed E-state index contributed by atoms with van der Waals surface area (Å²) in [4.78, 5) is 12.5. The number of hydrogen-bond donors (Lipinski definition) is 2. The summed E-state index contributed by atoms with van der Waals surface area (Å²) in [6.07, 6.45) is 2.81. The Hall–Kier alpha value is -2.01. The zero-order valence-corrected chi connectivity index (χ0v) is 15.3. The van der Waals surface area contributed by atoms with Crippen LogP contribution >= 0.6 is 0 Å². The highest BCUT2D eigenvalue weighted by molar-refractivity contribution is 5.82. The number of carbonyl (C=O) groups is 1. The number of para-hydroxylation sites is 1. The SMILES string of the molecule is Cc1c([C@@H](NC(=O)NC2CCCOCC2)C(C)C)oc2ccccc12. The molecule has 1 aromatic carbocycles. The molecule has 0 bridgehead atoms. The molecule has 25 heavy (non-hydrogen) atoms. The van der Waals surface area contributed by atoms with E-state index < -0.39 is 0 Å². The summed E-state index contributed by atoms with van der Waals surface area (Å²) in [5.74, 6) is 1.07. The van der Waals surface area contributed by atoms with Gasteiger partial charge in [0.1, 0.15) is 11.3 Å². The van der Waals surface area contributed by atoms with Crippen LogP contribution in [0.4, 0.5) is 4.79 Å². The second-order valence-corrected chi connectivity index (χ2v) is 7.17. The molecular weight excluding hydrogens is 316 g/mol. The molecule has 5 nitrogen and oxygen atoms in total. The second-order valence-electron chi connectivity index (χ2n) is 7.17. The average molecular weight is 344 g/mol. The Bertz CT molecular complexity index is 715. The molecule has 2 heterocycles. The van der Waals surface area contributed by atoms with Gasteiger partial charge in [-0.05, 0) is 38.2 Å². The Morgan fingerprint density at radius 1 is 1.20 bits per heavy atom. The van der Waals surface area contributed by atoms with Gasteiger partial charge in [0, 0.05) is 30.2 Å². The highest BCUT2D eigenvalue weighted by Crippen LogP contribution is 2.32. The first-order chi connectivity index (χ1) is 12.1. The van der Waals surface area contributed by atoms with Crippen LogP contribution in [0, 0.1) is 12.8 Å². The van der Waals surface area contributed by atoms with Gasteiger partial charge < -0.3 is 19.8 Å². The number of furan rings is 1. The van der Waals surface area contributed by atoms with Gasteiger partial charge in [0.05, 0.1) is 6.04 Å². The van der Waals surface area contributed by atoms with Gasteiger partial charge in [0.25, 0.3) is 0 Å². The summed E-state index contributed by atoms with van der Waals surface area (Å²) in [6.45, 7) is 7.74. The van der Waals surface area contributed by atoms with Crippen molar-refractivity contribution in [2.75, 3.05) is 13.2 Å². The Morgan fingerprint density at radius 2 is 2.00 bits per heavy atom. The number of nitrogens with one attached hydrogen (secondary N) is 2. The van der Waals surface area contributed by atoms with E-state index in [0.717, 1.165) is 48.2 Å². The highest BCUT2D eigenvalue weighted by atomic mass is 16.5. The third-order valence-corrected chi connectivity index (χ3v) is 4.90. The summed E-state index contributed by atoms with van der Waals surface area (Å²) in [6, 6.07) is 7.88. The van der Waals surface area contributed by atoms with Gasteiger partial charge in [-0.25, -0.2) is 4.79 Å². The van der Waals surface area contributed by atoms with Crippen molar-refractivity contribution in [3.63, 3.8) is 0 Å². The first-order valence-corrected chi connectivity index (χ1v) is 9.19. The molecule has 0 radical (unpaired) electrons. The molecule has 3 rings (SSSR count). The van der Waals surface area contributed by atoms with Gasteiger partial charge in [-0.2, -0.15) is 0 Å². The first kappa shape index (κ1) is 17.8. The molecule has 1 aliphatic rings. The summed E-state index contributed by atoms with van der Waals surface area (Å²) >= 11 is 0. The van der Waals surface area contributed by atoms with E-state index in [0.29, 0.717) is 6.61 Å². The third kappa shape index (κ3) is 4.15. The number of carbonyl (C=O) groups excluding carboxylic acids is 1. The fourth-order valence-corrected chi connectivity index (χ4v) is 3.44. The lowest BCUT2D eigenvalue weighted by atomic mass is 9.98. The Balaban J connectivity index is 1.74. The molecule has 2 aromatic rings. The van der Waals surface area contributed by atoms with Crippen molar-refractivity contribution in [3.8, 4) is 0 Å².